The number of amides is 2. The van der Waals surface area contributed by atoms with Gasteiger partial charge in [0.05, 0.1) is 18.6 Å². The van der Waals surface area contributed by atoms with Crippen molar-refractivity contribution in [2.24, 2.45) is 0 Å². The summed E-state index contributed by atoms with van der Waals surface area (Å²) in [6, 6.07) is 15.6. The highest BCUT2D eigenvalue weighted by molar-refractivity contribution is 5.86. The Bertz CT molecular complexity index is 794. The quantitative estimate of drug-likeness (QED) is 0.651. The van der Waals surface area contributed by atoms with Crippen molar-refractivity contribution < 1.29 is 14.3 Å². The summed E-state index contributed by atoms with van der Waals surface area (Å²) in [5.41, 5.74) is 1.79. The van der Waals surface area contributed by atoms with E-state index in [0.717, 1.165) is 16.3 Å². The molecule has 5 nitrogen and oxygen atoms in total. The topological polar surface area (TPSA) is 74.5 Å². The summed E-state index contributed by atoms with van der Waals surface area (Å²) in [7, 11) is 0. The van der Waals surface area contributed by atoms with E-state index in [4.69, 9.17) is 4.42 Å². The molecule has 0 fully saturated rings. The lowest BCUT2D eigenvalue weighted by Gasteiger charge is -2.11. The first kappa shape index (κ1) is 16.1. The molecule has 0 saturated carbocycles. The van der Waals surface area contributed by atoms with Gasteiger partial charge in [0.25, 0.3) is 0 Å². The van der Waals surface area contributed by atoms with Crippen LogP contribution in [0.1, 0.15) is 23.7 Å². The van der Waals surface area contributed by atoms with Crippen LogP contribution in [0, 0.1) is 0 Å². The minimum absolute atomic E-state index is 0.248. The number of carbonyl (C=O) groups is 1. The molecule has 0 aliphatic rings. The van der Waals surface area contributed by atoms with Crippen LogP contribution in [0.2, 0.25) is 0 Å². The molecule has 1 aromatic heterocycles. The van der Waals surface area contributed by atoms with Crippen LogP contribution in [-0.2, 0) is 6.54 Å². The molecule has 3 aromatic rings. The predicted molar refractivity (Wildman–Crippen MR) is 92.5 cm³/mol. The summed E-state index contributed by atoms with van der Waals surface area (Å²) < 4.78 is 4.93. The average molecular weight is 324 g/mol. The number of benzene rings is 2. The summed E-state index contributed by atoms with van der Waals surface area (Å²) >= 11 is 0. The van der Waals surface area contributed by atoms with Gasteiger partial charge in [-0.05, 0) is 28.8 Å². The van der Waals surface area contributed by atoms with Crippen molar-refractivity contribution in [1.29, 1.82) is 0 Å². The minimum atomic E-state index is -0.637. The van der Waals surface area contributed by atoms with Crippen LogP contribution in [0.5, 0.6) is 0 Å². The second-order valence-corrected chi connectivity index (χ2v) is 5.61. The number of hydrogen-bond donors (Lipinski definition) is 3. The highest BCUT2D eigenvalue weighted by Gasteiger charge is 2.09. The number of rotatable bonds is 6. The molecule has 5 heteroatoms. The molecule has 2 aromatic carbocycles. The number of hydrogen-bond acceptors (Lipinski definition) is 3. The summed E-state index contributed by atoms with van der Waals surface area (Å²) in [6.45, 7) is 0.838. The van der Waals surface area contributed by atoms with Crippen molar-refractivity contribution in [3.8, 4) is 0 Å². The first-order valence-corrected chi connectivity index (χ1v) is 7.92. The predicted octanol–water partition coefficient (Wildman–Crippen LogP) is 3.36. The summed E-state index contributed by atoms with van der Waals surface area (Å²) in [4.78, 5) is 11.9. The smallest absolute Gasteiger partial charge is 0.315 e. The second kappa shape index (κ2) is 7.66. The van der Waals surface area contributed by atoms with Gasteiger partial charge in [-0.15, -0.1) is 0 Å². The molecule has 0 aliphatic heterocycles. The third kappa shape index (κ3) is 3.94. The minimum Gasteiger partial charge on any atom is -0.472 e. The summed E-state index contributed by atoms with van der Waals surface area (Å²) in [5.74, 6) is 0. The molecule has 0 spiro atoms. The van der Waals surface area contributed by atoms with Crippen molar-refractivity contribution in [3.63, 3.8) is 0 Å². The molecule has 0 aliphatic carbocycles. The van der Waals surface area contributed by atoms with E-state index in [1.54, 1.807) is 6.07 Å². The Kier molecular flexibility index (Phi) is 5.13. The average Bonchev–Trinajstić information content (AvgIpc) is 3.14. The molecule has 24 heavy (non-hydrogen) atoms. The number of aliphatic hydroxyl groups is 1. The van der Waals surface area contributed by atoms with Gasteiger partial charge in [-0.1, -0.05) is 42.5 Å². The van der Waals surface area contributed by atoms with Gasteiger partial charge in [-0.3, -0.25) is 0 Å². The van der Waals surface area contributed by atoms with Crippen molar-refractivity contribution >= 4 is 16.8 Å². The Morgan fingerprint density at radius 3 is 2.75 bits per heavy atom. The first-order chi connectivity index (χ1) is 11.7. The Morgan fingerprint density at radius 2 is 1.92 bits per heavy atom. The van der Waals surface area contributed by atoms with Crippen molar-refractivity contribution in [3.05, 3.63) is 72.2 Å². The monoisotopic (exact) mass is 324 g/mol. The van der Waals surface area contributed by atoms with Gasteiger partial charge in [-0.25, -0.2) is 4.79 Å². The van der Waals surface area contributed by atoms with Gasteiger partial charge in [0.15, 0.2) is 0 Å². The molecule has 0 saturated heterocycles. The van der Waals surface area contributed by atoms with Gasteiger partial charge in [-0.2, -0.15) is 0 Å². The fraction of sp³-hybridized carbons (Fsp3) is 0.211. The Hall–Kier alpha value is -2.79. The fourth-order valence-corrected chi connectivity index (χ4v) is 2.64. The van der Waals surface area contributed by atoms with E-state index in [1.807, 2.05) is 30.3 Å². The zero-order chi connectivity index (χ0) is 16.8. The number of aliphatic hydroxyl groups excluding tert-OH is 1. The van der Waals surface area contributed by atoms with Gasteiger partial charge >= 0.3 is 6.03 Å². The van der Waals surface area contributed by atoms with E-state index in [1.165, 1.54) is 12.5 Å². The van der Waals surface area contributed by atoms with Crippen LogP contribution in [0.4, 0.5) is 4.79 Å². The normalized spacial score (nSPS) is 12.0. The summed E-state index contributed by atoms with van der Waals surface area (Å²) in [5, 5.41) is 17.8. The highest BCUT2D eigenvalue weighted by Crippen LogP contribution is 2.18. The largest absolute Gasteiger partial charge is 0.472 e. The van der Waals surface area contributed by atoms with Gasteiger partial charge in [0, 0.05) is 18.7 Å². The number of urea groups is 1. The zero-order valence-corrected chi connectivity index (χ0v) is 13.2. The fourth-order valence-electron chi connectivity index (χ4n) is 2.64. The molecule has 1 atom stereocenters. The van der Waals surface area contributed by atoms with Gasteiger partial charge < -0.3 is 20.2 Å². The van der Waals surface area contributed by atoms with E-state index in [0.29, 0.717) is 25.1 Å². The molecule has 0 bridgehead atoms. The van der Waals surface area contributed by atoms with E-state index in [2.05, 4.69) is 22.8 Å². The third-order valence-electron chi connectivity index (χ3n) is 3.95. The first-order valence-electron chi connectivity index (χ1n) is 7.92. The molecule has 3 N–H and O–H groups in total. The van der Waals surface area contributed by atoms with Crippen LogP contribution in [0.3, 0.4) is 0 Å². The van der Waals surface area contributed by atoms with E-state index in [-0.39, 0.29) is 6.03 Å². The molecule has 3 rings (SSSR count). The Balaban J connectivity index is 1.47. The maximum absolute atomic E-state index is 11.9. The lowest BCUT2D eigenvalue weighted by molar-refractivity contribution is 0.166. The van der Waals surface area contributed by atoms with Gasteiger partial charge in [0.2, 0.25) is 0 Å². The highest BCUT2D eigenvalue weighted by atomic mass is 16.3. The van der Waals surface area contributed by atoms with Crippen LogP contribution in [0.15, 0.2) is 65.5 Å². The van der Waals surface area contributed by atoms with Crippen LogP contribution >= 0.6 is 0 Å². The van der Waals surface area contributed by atoms with E-state index < -0.39 is 6.10 Å². The lowest BCUT2D eigenvalue weighted by Crippen LogP contribution is -2.36. The number of fused-ring (bicyclic) bond motifs is 1. The standard InChI is InChI=1S/C19H20N2O3/c22-18(16-9-11-24-13-16)8-10-20-19(23)21-12-15-6-3-5-14-4-1-2-7-17(14)15/h1-7,9,11,13,18,22H,8,10,12H2,(H2,20,21,23). The van der Waals surface area contributed by atoms with Crippen LogP contribution in [0.25, 0.3) is 10.8 Å². The van der Waals surface area contributed by atoms with Crippen LogP contribution in [-0.4, -0.2) is 17.7 Å². The molecule has 1 unspecified atom stereocenters. The Labute approximate surface area is 140 Å². The SMILES string of the molecule is O=C(NCCC(O)c1ccoc1)NCc1cccc2ccccc12. The van der Waals surface area contributed by atoms with Crippen molar-refractivity contribution in [2.75, 3.05) is 6.54 Å². The Morgan fingerprint density at radius 1 is 1.08 bits per heavy atom. The maximum Gasteiger partial charge on any atom is 0.315 e. The van der Waals surface area contributed by atoms with Crippen molar-refractivity contribution in [1.82, 2.24) is 10.6 Å². The van der Waals surface area contributed by atoms with Crippen molar-refractivity contribution in [2.45, 2.75) is 19.1 Å². The maximum atomic E-state index is 11.9. The van der Waals surface area contributed by atoms with E-state index >= 15 is 0 Å². The summed E-state index contributed by atoms with van der Waals surface area (Å²) in [6.07, 6.45) is 2.82. The van der Waals surface area contributed by atoms with E-state index in [9.17, 15) is 9.90 Å². The lowest BCUT2D eigenvalue weighted by atomic mass is 10.0. The molecule has 124 valence electrons. The molecule has 1 heterocycles. The number of furan rings is 1. The second-order valence-electron chi connectivity index (χ2n) is 5.61. The third-order valence-corrected chi connectivity index (χ3v) is 3.95. The zero-order valence-electron chi connectivity index (χ0n) is 13.2. The number of nitrogens with one attached hydrogen (secondary N) is 2. The molecule has 0 radical (unpaired) electrons. The van der Waals surface area contributed by atoms with Crippen LogP contribution < -0.4 is 10.6 Å². The number of carbonyl (C=O) groups excluding carboxylic acids is 1. The molecular weight excluding hydrogens is 304 g/mol. The van der Waals surface area contributed by atoms with Gasteiger partial charge in [0.1, 0.15) is 0 Å². The molecular formula is C19H20N2O3. The molecule has 2 amide bonds.